The molecule has 20 heavy (non-hydrogen) atoms. The van der Waals surface area contributed by atoms with Gasteiger partial charge in [-0.3, -0.25) is 0 Å². The van der Waals surface area contributed by atoms with Gasteiger partial charge in [0, 0.05) is 18.2 Å². The molecule has 3 nitrogen and oxygen atoms in total. The molecule has 1 unspecified atom stereocenters. The number of halogens is 1. The van der Waals surface area contributed by atoms with Crippen LogP contribution < -0.4 is 5.32 Å². The SMILES string of the molecule is CCCCC(CCC)NCc1cc(C(=O)O)ccc1F. The van der Waals surface area contributed by atoms with E-state index in [9.17, 15) is 9.18 Å². The third-order valence-corrected chi connectivity index (χ3v) is 3.42. The number of hydrogen-bond acceptors (Lipinski definition) is 2. The molecule has 1 rings (SSSR count). The van der Waals surface area contributed by atoms with Crippen LogP contribution >= 0.6 is 0 Å². The second-order valence-corrected chi connectivity index (χ2v) is 5.12. The smallest absolute Gasteiger partial charge is 0.335 e. The van der Waals surface area contributed by atoms with Gasteiger partial charge >= 0.3 is 5.97 Å². The Hall–Kier alpha value is -1.42. The van der Waals surface area contributed by atoms with Gasteiger partial charge in [-0.25, -0.2) is 9.18 Å². The lowest BCUT2D eigenvalue weighted by atomic mass is 10.0. The van der Waals surface area contributed by atoms with Crippen LogP contribution in [0.25, 0.3) is 0 Å². The van der Waals surface area contributed by atoms with Crippen molar-refractivity contribution in [2.75, 3.05) is 0 Å². The van der Waals surface area contributed by atoms with E-state index in [-0.39, 0.29) is 11.4 Å². The van der Waals surface area contributed by atoms with Gasteiger partial charge in [-0.05, 0) is 31.0 Å². The number of rotatable bonds is 9. The van der Waals surface area contributed by atoms with Gasteiger partial charge < -0.3 is 10.4 Å². The molecule has 0 saturated heterocycles. The second kappa shape index (κ2) is 8.69. The van der Waals surface area contributed by atoms with Crippen LogP contribution in [0.5, 0.6) is 0 Å². The molecule has 0 aliphatic rings. The minimum atomic E-state index is -1.03. The van der Waals surface area contributed by atoms with E-state index in [4.69, 9.17) is 5.11 Å². The molecule has 0 saturated carbocycles. The molecule has 1 aromatic rings. The van der Waals surface area contributed by atoms with Crippen molar-refractivity contribution in [3.05, 3.63) is 35.1 Å². The Balaban J connectivity index is 2.66. The van der Waals surface area contributed by atoms with Crippen molar-refractivity contribution in [1.29, 1.82) is 0 Å². The maximum absolute atomic E-state index is 13.7. The summed E-state index contributed by atoms with van der Waals surface area (Å²) >= 11 is 0. The van der Waals surface area contributed by atoms with Crippen molar-refractivity contribution in [2.45, 2.75) is 58.5 Å². The zero-order valence-electron chi connectivity index (χ0n) is 12.3. The highest BCUT2D eigenvalue weighted by atomic mass is 19.1. The highest BCUT2D eigenvalue weighted by molar-refractivity contribution is 5.87. The minimum Gasteiger partial charge on any atom is -0.478 e. The lowest BCUT2D eigenvalue weighted by Crippen LogP contribution is -2.28. The maximum atomic E-state index is 13.7. The van der Waals surface area contributed by atoms with Crippen LogP contribution in [0.3, 0.4) is 0 Å². The van der Waals surface area contributed by atoms with Gasteiger partial charge in [0.15, 0.2) is 0 Å². The first-order valence-corrected chi connectivity index (χ1v) is 7.33. The van der Waals surface area contributed by atoms with Crippen molar-refractivity contribution in [3.8, 4) is 0 Å². The van der Waals surface area contributed by atoms with Gasteiger partial charge in [-0.15, -0.1) is 0 Å². The van der Waals surface area contributed by atoms with E-state index >= 15 is 0 Å². The van der Waals surface area contributed by atoms with Gasteiger partial charge in [-0.1, -0.05) is 33.1 Å². The summed E-state index contributed by atoms with van der Waals surface area (Å²) < 4.78 is 13.7. The zero-order valence-corrected chi connectivity index (χ0v) is 12.3. The molecular formula is C16H24FNO2. The standard InChI is InChI=1S/C16H24FNO2/c1-3-5-7-14(6-4-2)18-11-13-10-12(16(19)20)8-9-15(13)17/h8-10,14,18H,3-7,11H2,1-2H3,(H,19,20). The van der Waals surface area contributed by atoms with Crippen LogP contribution in [0.15, 0.2) is 18.2 Å². The lowest BCUT2D eigenvalue weighted by Gasteiger charge is -2.18. The molecule has 1 atom stereocenters. The Labute approximate surface area is 120 Å². The van der Waals surface area contributed by atoms with E-state index in [1.807, 2.05) is 0 Å². The highest BCUT2D eigenvalue weighted by Crippen LogP contribution is 2.13. The molecule has 0 heterocycles. The zero-order chi connectivity index (χ0) is 15.0. The summed E-state index contributed by atoms with van der Waals surface area (Å²) in [6.45, 7) is 4.66. The third-order valence-electron chi connectivity index (χ3n) is 3.42. The summed E-state index contributed by atoms with van der Waals surface area (Å²) in [6.07, 6.45) is 5.50. The summed E-state index contributed by atoms with van der Waals surface area (Å²) in [6, 6.07) is 4.30. The van der Waals surface area contributed by atoms with Crippen LogP contribution in [0, 0.1) is 5.82 Å². The van der Waals surface area contributed by atoms with E-state index < -0.39 is 5.97 Å². The number of benzene rings is 1. The van der Waals surface area contributed by atoms with Crippen LogP contribution in [0.1, 0.15) is 61.9 Å². The van der Waals surface area contributed by atoms with Crippen LogP contribution in [0.4, 0.5) is 4.39 Å². The summed E-state index contributed by atoms with van der Waals surface area (Å²) in [5.41, 5.74) is 0.548. The average Bonchev–Trinajstić information content (AvgIpc) is 2.43. The third kappa shape index (κ3) is 5.29. The van der Waals surface area contributed by atoms with Gasteiger partial charge in [0.05, 0.1) is 5.56 Å². The first kappa shape index (κ1) is 16.6. The Morgan fingerprint density at radius 2 is 2.05 bits per heavy atom. The molecule has 0 fully saturated rings. The molecule has 0 radical (unpaired) electrons. The Bertz CT molecular complexity index is 434. The van der Waals surface area contributed by atoms with Crippen LogP contribution in [-0.2, 0) is 6.54 Å². The second-order valence-electron chi connectivity index (χ2n) is 5.12. The number of unbranched alkanes of at least 4 members (excludes halogenated alkanes) is 1. The van der Waals surface area contributed by atoms with Crippen molar-refractivity contribution < 1.29 is 14.3 Å². The fraction of sp³-hybridized carbons (Fsp3) is 0.562. The number of carboxylic acid groups (broad SMARTS) is 1. The Morgan fingerprint density at radius 1 is 1.30 bits per heavy atom. The lowest BCUT2D eigenvalue weighted by molar-refractivity contribution is 0.0696. The molecule has 0 aliphatic heterocycles. The molecule has 0 spiro atoms. The molecule has 0 amide bonds. The monoisotopic (exact) mass is 281 g/mol. The maximum Gasteiger partial charge on any atom is 0.335 e. The van der Waals surface area contributed by atoms with Crippen molar-refractivity contribution in [2.24, 2.45) is 0 Å². The topological polar surface area (TPSA) is 49.3 Å². The number of hydrogen-bond donors (Lipinski definition) is 2. The molecule has 0 bridgehead atoms. The van der Waals surface area contributed by atoms with Crippen LogP contribution in [0.2, 0.25) is 0 Å². The van der Waals surface area contributed by atoms with Crippen molar-refractivity contribution >= 4 is 5.97 Å². The molecule has 4 heteroatoms. The first-order valence-electron chi connectivity index (χ1n) is 7.33. The number of carbonyl (C=O) groups is 1. The van der Waals surface area contributed by atoms with E-state index in [2.05, 4.69) is 19.2 Å². The molecule has 2 N–H and O–H groups in total. The Morgan fingerprint density at radius 3 is 2.65 bits per heavy atom. The van der Waals surface area contributed by atoms with Gasteiger partial charge in [0.2, 0.25) is 0 Å². The highest BCUT2D eigenvalue weighted by Gasteiger charge is 2.11. The van der Waals surface area contributed by atoms with Gasteiger partial charge in [0.25, 0.3) is 0 Å². The first-order chi connectivity index (χ1) is 9.58. The minimum absolute atomic E-state index is 0.129. The molecule has 0 aliphatic carbocycles. The van der Waals surface area contributed by atoms with Gasteiger partial charge in [-0.2, -0.15) is 0 Å². The molecule has 0 aromatic heterocycles. The molecule has 112 valence electrons. The predicted octanol–water partition coefficient (Wildman–Crippen LogP) is 3.97. The summed E-state index contributed by atoms with van der Waals surface area (Å²) in [5.74, 6) is -1.38. The van der Waals surface area contributed by atoms with Crippen LogP contribution in [-0.4, -0.2) is 17.1 Å². The van der Waals surface area contributed by atoms with E-state index in [1.54, 1.807) is 0 Å². The molecular weight excluding hydrogens is 257 g/mol. The summed E-state index contributed by atoms with van der Waals surface area (Å²) in [4.78, 5) is 10.9. The fourth-order valence-electron chi connectivity index (χ4n) is 2.24. The van der Waals surface area contributed by atoms with E-state index in [0.29, 0.717) is 18.2 Å². The fourth-order valence-corrected chi connectivity index (χ4v) is 2.24. The summed E-state index contributed by atoms with van der Waals surface area (Å²) in [7, 11) is 0. The molecule has 1 aromatic carbocycles. The quantitative estimate of drug-likeness (QED) is 0.720. The number of carboxylic acids is 1. The normalized spacial score (nSPS) is 12.3. The largest absolute Gasteiger partial charge is 0.478 e. The van der Waals surface area contributed by atoms with E-state index in [1.165, 1.54) is 18.2 Å². The average molecular weight is 281 g/mol. The van der Waals surface area contributed by atoms with Gasteiger partial charge in [0.1, 0.15) is 5.82 Å². The van der Waals surface area contributed by atoms with E-state index in [0.717, 1.165) is 32.1 Å². The number of aromatic carboxylic acids is 1. The van der Waals surface area contributed by atoms with Crippen molar-refractivity contribution in [1.82, 2.24) is 5.32 Å². The predicted molar refractivity (Wildman–Crippen MR) is 78.4 cm³/mol. The summed E-state index contributed by atoms with van der Waals surface area (Å²) in [5, 5.41) is 12.3. The van der Waals surface area contributed by atoms with Crippen molar-refractivity contribution in [3.63, 3.8) is 0 Å². The number of nitrogens with one attached hydrogen (secondary N) is 1. The Kier molecular flexibility index (Phi) is 7.23.